The van der Waals surface area contributed by atoms with E-state index in [0.717, 1.165) is 0 Å². The number of hydrogen-bond acceptors (Lipinski definition) is 5. The molecule has 0 bridgehead atoms. The molecular formula is C25H22ClF2N3O2. The predicted octanol–water partition coefficient (Wildman–Crippen LogP) is 6.70. The minimum absolute atomic E-state index is 0.0581. The van der Waals surface area contributed by atoms with Gasteiger partial charge in [-0.25, -0.2) is 18.7 Å². The summed E-state index contributed by atoms with van der Waals surface area (Å²) >= 11 is 6.48. The Morgan fingerprint density at radius 1 is 1.00 bits per heavy atom. The lowest BCUT2D eigenvalue weighted by Gasteiger charge is -2.20. The Labute approximate surface area is 195 Å². The Balaban J connectivity index is 2.15. The van der Waals surface area contributed by atoms with Crippen LogP contribution < -0.4 is 10.1 Å². The Kier molecular flexibility index (Phi) is 6.72. The highest BCUT2D eigenvalue weighted by Gasteiger charge is 2.25. The van der Waals surface area contributed by atoms with Gasteiger partial charge in [0.1, 0.15) is 17.4 Å². The van der Waals surface area contributed by atoms with E-state index in [0.29, 0.717) is 33.0 Å². The zero-order valence-corrected chi connectivity index (χ0v) is 19.1. The van der Waals surface area contributed by atoms with Gasteiger partial charge in [0.05, 0.1) is 16.6 Å². The quantitative estimate of drug-likeness (QED) is 0.305. The van der Waals surface area contributed by atoms with Crippen LogP contribution in [-0.4, -0.2) is 29.9 Å². The molecule has 1 aromatic heterocycles. The van der Waals surface area contributed by atoms with Crippen LogP contribution >= 0.6 is 11.6 Å². The highest BCUT2D eigenvalue weighted by atomic mass is 35.5. The van der Waals surface area contributed by atoms with Gasteiger partial charge in [0.2, 0.25) is 5.95 Å². The molecule has 0 amide bonds. The van der Waals surface area contributed by atoms with Gasteiger partial charge in [-0.3, -0.25) is 0 Å². The first-order valence-corrected chi connectivity index (χ1v) is 10.7. The fraction of sp³-hybridized carbons (Fsp3) is 0.200. The second-order valence-corrected chi connectivity index (χ2v) is 8.09. The molecule has 0 radical (unpaired) electrons. The Hall–Kier alpha value is -3.29. The smallest absolute Gasteiger partial charge is 0.223 e. The van der Waals surface area contributed by atoms with Crippen LogP contribution in [0.4, 0.5) is 14.7 Å². The SMILES string of the molecule is COCOc1c(-c2ccccc2Cl)cc2cnc(NC(C)C)nc2c1-c1c(F)cccc1F. The fourth-order valence-corrected chi connectivity index (χ4v) is 3.84. The summed E-state index contributed by atoms with van der Waals surface area (Å²) in [4.78, 5) is 8.96. The van der Waals surface area contributed by atoms with Gasteiger partial charge >= 0.3 is 0 Å². The van der Waals surface area contributed by atoms with E-state index in [4.69, 9.17) is 21.1 Å². The molecule has 0 spiro atoms. The Bertz CT molecular complexity index is 1290. The van der Waals surface area contributed by atoms with Crippen molar-refractivity contribution < 1.29 is 18.3 Å². The van der Waals surface area contributed by atoms with Crippen LogP contribution in [0.25, 0.3) is 33.2 Å². The van der Waals surface area contributed by atoms with Gasteiger partial charge in [0, 0.05) is 40.9 Å². The zero-order chi connectivity index (χ0) is 23.5. The molecule has 0 unspecified atom stereocenters. The first-order valence-electron chi connectivity index (χ1n) is 10.3. The first kappa shape index (κ1) is 22.9. The Morgan fingerprint density at radius 3 is 2.39 bits per heavy atom. The first-order chi connectivity index (χ1) is 15.9. The minimum Gasteiger partial charge on any atom is -0.466 e. The molecule has 5 nitrogen and oxygen atoms in total. The van der Waals surface area contributed by atoms with Gasteiger partial charge in [0.25, 0.3) is 0 Å². The standard InChI is InChI=1S/C25H22ClF2N3O2/c1-14(2)30-25-29-12-15-11-17(16-7-4-5-8-18(16)26)24(33-13-32-3)22(23(15)31-25)21-19(27)9-6-10-20(21)28/h4-12,14H,13H2,1-3H3,(H,29,30,31). The molecule has 0 fully saturated rings. The second-order valence-electron chi connectivity index (χ2n) is 7.69. The van der Waals surface area contributed by atoms with E-state index in [2.05, 4.69) is 15.3 Å². The second kappa shape index (κ2) is 9.68. The molecular weight excluding hydrogens is 448 g/mol. The summed E-state index contributed by atoms with van der Waals surface area (Å²) in [7, 11) is 1.46. The van der Waals surface area contributed by atoms with E-state index < -0.39 is 11.6 Å². The summed E-state index contributed by atoms with van der Waals surface area (Å²) in [5.74, 6) is -0.951. The number of nitrogens with one attached hydrogen (secondary N) is 1. The van der Waals surface area contributed by atoms with Crippen LogP contribution in [0.2, 0.25) is 5.02 Å². The monoisotopic (exact) mass is 469 g/mol. The molecule has 33 heavy (non-hydrogen) atoms. The minimum atomic E-state index is -0.744. The number of methoxy groups -OCH3 is 1. The van der Waals surface area contributed by atoms with Crippen LogP contribution in [0, 0.1) is 11.6 Å². The van der Waals surface area contributed by atoms with E-state index >= 15 is 8.78 Å². The van der Waals surface area contributed by atoms with E-state index in [1.54, 1.807) is 30.5 Å². The number of hydrogen-bond donors (Lipinski definition) is 1. The molecule has 0 aliphatic heterocycles. The molecule has 0 aliphatic carbocycles. The summed E-state index contributed by atoms with van der Waals surface area (Å²) in [6.07, 6.45) is 1.61. The number of nitrogens with zero attached hydrogens (tertiary/aromatic N) is 2. The average Bonchev–Trinajstić information content (AvgIpc) is 2.78. The lowest BCUT2D eigenvalue weighted by atomic mass is 9.93. The normalized spacial score (nSPS) is 11.2. The number of ether oxygens (including phenoxy) is 2. The molecule has 4 rings (SSSR count). The lowest BCUT2D eigenvalue weighted by molar-refractivity contribution is 0.0520. The van der Waals surface area contributed by atoms with Crippen molar-refractivity contribution in [3.05, 3.63) is 71.4 Å². The maximum Gasteiger partial charge on any atom is 0.223 e. The lowest BCUT2D eigenvalue weighted by Crippen LogP contribution is -2.12. The van der Waals surface area contributed by atoms with Gasteiger partial charge < -0.3 is 14.8 Å². The van der Waals surface area contributed by atoms with Crippen LogP contribution in [0.5, 0.6) is 5.75 Å². The van der Waals surface area contributed by atoms with Gasteiger partial charge in [-0.2, -0.15) is 0 Å². The highest BCUT2D eigenvalue weighted by molar-refractivity contribution is 6.33. The molecule has 4 aromatic rings. The molecule has 0 aliphatic rings. The molecule has 1 heterocycles. The zero-order valence-electron chi connectivity index (χ0n) is 18.3. The topological polar surface area (TPSA) is 56.3 Å². The van der Waals surface area contributed by atoms with Crippen molar-refractivity contribution in [3.63, 3.8) is 0 Å². The number of rotatable bonds is 7. The third kappa shape index (κ3) is 4.60. The van der Waals surface area contributed by atoms with Gasteiger partial charge in [0.15, 0.2) is 6.79 Å². The van der Waals surface area contributed by atoms with E-state index in [9.17, 15) is 0 Å². The number of halogens is 3. The van der Waals surface area contributed by atoms with Crippen molar-refractivity contribution in [3.8, 4) is 28.0 Å². The average molecular weight is 470 g/mol. The molecule has 8 heteroatoms. The predicted molar refractivity (Wildman–Crippen MR) is 127 cm³/mol. The fourth-order valence-electron chi connectivity index (χ4n) is 3.60. The number of anilines is 1. The van der Waals surface area contributed by atoms with Crippen LogP contribution in [-0.2, 0) is 4.74 Å². The van der Waals surface area contributed by atoms with Gasteiger partial charge in [-0.1, -0.05) is 35.9 Å². The van der Waals surface area contributed by atoms with E-state index in [-0.39, 0.29) is 29.7 Å². The molecule has 3 aromatic carbocycles. The summed E-state index contributed by atoms with van der Waals surface area (Å²) in [5.41, 5.74) is 1.41. The van der Waals surface area contributed by atoms with E-state index in [1.807, 2.05) is 19.9 Å². The molecule has 0 atom stereocenters. The van der Waals surface area contributed by atoms with Crippen LogP contribution in [0.15, 0.2) is 54.7 Å². The maximum atomic E-state index is 15.1. The molecule has 170 valence electrons. The highest BCUT2D eigenvalue weighted by Crippen LogP contribution is 2.46. The van der Waals surface area contributed by atoms with Gasteiger partial charge in [-0.15, -0.1) is 0 Å². The summed E-state index contributed by atoms with van der Waals surface area (Å²) < 4.78 is 41.2. The maximum absolute atomic E-state index is 15.1. The van der Waals surface area contributed by atoms with Crippen molar-refractivity contribution in [1.29, 1.82) is 0 Å². The summed E-state index contributed by atoms with van der Waals surface area (Å²) in [6, 6.07) is 12.7. The van der Waals surface area contributed by atoms with Crippen molar-refractivity contribution in [1.82, 2.24) is 9.97 Å². The Morgan fingerprint density at radius 2 is 1.73 bits per heavy atom. The van der Waals surface area contributed by atoms with Crippen molar-refractivity contribution >= 4 is 28.5 Å². The van der Waals surface area contributed by atoms with Crippen molar-refractivity contribution in [2.75, 3.05) is 19.2 Å². The molecule has 0 saturated carbocycles. The molecule has 1 N–H and O–H groups in total. The van der Waals surface area contributed by atoms with Crippen molar-refractivity contribution in [2.45, 2.75) is 19.9 Å². The number of aromatic nitrogens is 2. The van der Waals surface area contributed by atoms with E-state index in [1.165, 1.54) is 25.3 Å². The third-order valence-corrected chi connectivity index (χ3v) is 5.27. The largest absolute Gasteiger partial charge is 0.466 e. The number of benzene rings is 3. The van der Waals surface area contributed by atoms with Gasteiger partial charge in [-0.05, 0) is 38.1 Å². The summed E-state index contributed by atoms with van der Waals surface area (Å²) in [6.45, 7) is 3.74. The third-order valence-electron chi connectivity index (χ3n) is 4.94. The number of fused-ring (bicyclic) bond motifs is 1. The van der Waals surface area contributed by atoms with Crippen LogP contribution in [0.3, 0.4) is 0 Å². The van der Waals surface area contributed by atoms with Crippen LogP contribution in [0.1, 0.15) is 13.8 Å². The summed E-state index contributed by atoms with van der Waals surface area (Å²) in [5, 5.41) is 4.15. The van der Waals surface area contributed by atoms with Crippen molar-refractivity contribution in [2.24, 2.45) is 0 Å². The molecule has 0 saturated heterocycles.